The van der Waals surface area contributed by atoms with Crippen molar-refractivity contribution in [3.63, 3.8) is 0 Å². The Morgan fingerprint density at radius 1 is 1.26 bits per heavy atom. The summed E-state index contributed by atoms with van der Waals surface area (Å²) in [7, 11) is 0. The Balaban J connectivity index is 1.82. The van der Waals surface area contributed by atoms with Crippen LogP contribution in [0.5, 0.6) is 0 Å². The predicted molar refractivity (Wildman–Crippen MR) is 74.0 cm³/mol. The summed E-state index contributed by atoms with van der Waals surface area (Å²) in [4.78, 5) is 19.9. The van der Waals surface area contributed by atoms with E-state index in [4.69, 9.17) is 0 Å². The Bertz CT molecular complexity index is 513. The van der Waals surface area contributed by atoms with Crippen molar-refractivity contribution < 1.29 is 4.79 Å². The molecule has 0 aliphatic rings. The highest BCUT2D eigenvalue weighted by Gasteiger charge is 2.15. The van der Waals surface area contributed by atoms with Gasteiger partial charge in [-0.2, -0.15) is 0 Å². The topological polar surface area (TPSA) is 54.9 Å². The van der Waals surface area contributed by atoms with Crippen LogP contribution in [0.4, 0.5) is 0 Å². The maximum Gasteiger partial charge on any atom is 0.199 e. The first kappa shape index (κ1) is 13.4. The quantitative estimate of drug-likeness (QED) is 0.801. The van der Waals surface area contributed by atoms with Crippen LogP contribution in [0.2, 0.25) is 0 Å². The molecule has 0 fully saturated rings. The van der Waals surface area contributed by atoms with Gasteiger partial charge in [0.15, 0.2) is 5.78 Å². The SMILES string of the molecule is CC(NCCc1ccccc1)C(=O)c1cnccn1. The second-order valence-corrected chi connectivity index (χ2v) is 4.37. The van der Waals surface area contributed by atoms with Crippen LogP contribution in [0.1, 0.15) is 23.0 Å². The molecule has 98 valence electrons. The zero-order chi connectivity index (χ0) is 13.5. The largest absolute Gasteiger partial charge is 0.307 e. The van der Waals surface area contributed by atoms with Gasteiger partial charge >= 0.3 is 0 Å². The second-order valence-electron chi connectivity index (χ2n) is 4.37. The Kier molecular flexibility index (Phi) is 4.75. The van der Waals surface area contributed by atoms with Gasteiger partial charge in [-0.15, -0.1) is 0 Å². The standard InChI is InChI=1S/C15H17N3O/c1-12(15(19)14-11-16-9-10-18-14)17-8-7-13-5-3-2-4-6-13/h2-6,9-12,17H,7-8H2,1H3. The number of aromatic nitrogens is 2. The highest BCUT2D eigenvalue weighted by molar-refractivity contribution is 5.97. The molecular formula is C15H17N3O. The molecule has 0 amide bonds. The van der Waals surface area contributed by atoms with Crippen molar-refractivity contribution in [2.24, 2.45) is 0 Å². The molecular weight excluding hydrogens is 238 g/mol. The lowest BCUT2D eigenvalue weighted by atomic mass is 10.1. The van der Waals surface area contributed by atoms with Gasteiger partial charge in [-0.05, 0) is 25.5 Å². The fraction of sp³-hybridized carbons (Fsp3) is 0.267. The molecule has 19 heavy (non-hydrogen) atoms. The molecule has 2 aromatic rings. The Labute approximate surface area is 112 Å². The molecule has 0 aliphatic heterocycles. The number of ketones is 1. The van der Waals surface area contributed by atoms with Gasteiger partial charge in [-0.1, -0.05) is 30.3 Å². The number of hydrogen-bond donors (Lipinski definition) is 1. The van der Waals surface area contributed by atoms with E-state index in [1.165, 1.54) is 18.0 Å². The van der Waals surface area contributed by atoms with Gasteiger partial charge in [0.1, 0.15) is 5.69 Å². The molecule has 1 aromatic carbocycles. The zero-order valence-corrected chi connectivity index (χ0v) is 10.9. The summed E-state index contributed by atoms with van der Waals surface area (Å²) in [5.41, 5.74) is 1.66. The number of rotatable bonds is 6. The molecule has 0 bridgehead atoms. The molecule has 0 radical (unpaired) electrons. The van der Waals surface area contributed by atoms with Gasteiger partial charge in [0.2, 0.25) is 0 Å². The molecule has 1 unspecified atom stereocenters. The van der Waals surface area contributed by atoms with E-state index in [1.807, 2.05) is 25.1 Å². The van der Waals surface area contributed by atoms with E-state index < -0.39 is 0 Å². The molecule has 1 atom stereocenters. The maximum atomic E-state index is 12.0. The van der Waals surface area contributed by atoms with Crippen LogP contribution in [0.25, 0.3) is 0 Å². The third-order valence-electron chi connectivity index (χ3n) is 2.92. The summed E-state index contributed by atoms with van der Waals surface area (Å²) < 4.78 is 0. The molecule has 4 heteroatoms. The Morgan fingerprint density at radius 3 is 2.74 bits per heavy atom. The third kappa shape index (κ3) is 3.96. The van der Waals surface area contributed by atoms with Gasteiger partial charge in [-0.25, -0.2) is 4.98 Å². The monoisotopic (exact) mass is 255 g/mol. The van der Waals surface area contributed by atoms with Crippen molar-refractivity contribution in [1.29, 1.82) is 0 Å². The normalized spacial score (nSPS) is 12.1. The number of carbonyl (C=O) groups excluding carboxylic acids is 1. The zero-order valence-electron chi connectivity index (χ0n) is 10.9. The summed E-state index contributed by atoms with van der Waals surface area (Å²) in [6.07, 6.45) is 5.49. The van der Waals surface area contributed by atoms with E-state index in [1.54, 1.807) is 6.20 Å². The van der Waals surface area contributed by atoms with Crippen molar-refractivity contribution >= 4 is 5.78 Å². The number of Topliss-reactive ketones (excluding diaryl/α,β-unsaturated/α-hetero) is 1. The van der Waals surface area contributed by atoms with Gasteiger partial charge < -0.3 is 5.32 Å². The Hall–Kier alpha value is -2.07. The van der Waals surface area contributed by atoms with Gasteiger partial charge in [0.05, 0.1) is 12.2 Å². The van der Waals surface area contributed by atoms with Gasteiger partial charge in [-0.3, -0.25) is 9.78 Å². The molecule has 0 aliphatic carbocycles. The number of carbonyl (C=O) groups is 1. The third-order valence-corrected chi connectivity index (χ3v) is 2.92. The Morgan fingerprint density at radius 2 is 2.05 bits per heavy atom. The average molecular weight is 255 g/mol. The first-order valence-electron chi connectivity index (χ1n) is 6.35. The lowest BCUT2D eigenvalue weighted by Gasteiger charge is -2.12. The van der Waals surface area contributed by atoms with Crippen molar-refractivity contribution in [1.82, 2.24) is 15.3 Å². The van der Waals surface area contributed by atoms with Crippen molar-refractivity contribution in [3.05, 3.63) is 60.2 Å². The minimum absolute atomic E-state index is 0.0267. The van der Waals surface area contributed by atoms with Gasteiger partial charge in [0.25, 0.3) is 0 Å². The molecule has 1 aromatic heterocycles. The fourth-order valence-corrected chi connectivity index (χ4v) is 1.82. The summed E-state index contributed by atoms with van der Waals surface area (Å²) in [5, 5.41) is 3.21. The molecule has 4 nitrogen and oxygen atoms in total. The fourth-order valence-electron chi connectivity index (χ4n) is 1.82. The van der Waals surface area contributed by atoms with Crippen LogP contribution in [0, 0.1) is 0 Å². The number of hydrogen-bond acceptors (Lipinski definition) is 4. The summed E-state index contributed by atoms with van der Waals surface area (Å²) in [6.45, 7) is 2.61. The first-order valence-corrected chi connectivity index (χ1v) is 6.35. The molecule has 1 heterocycles. The minimum Gasteiger partial charge on any atom is -0.307 e. The average Bonchev–Trinajstić information content (AvgIpc) is 2.48. The molecule has 2 rings (SSSR count). The number of nitrogens with zero attached hydrogens (tertiary/aromatic N) is 2. The van der Waals surface area contributed by atoms with Crippen LogP contribution in [-0.4, -0.2) is 28.3 Å². The number of nitrogens with one attached hydrogen (secondary N) is 1. The van der Waals surface area contributed by atoms with Crippen LogP contribution in [0.3, 0.4) is 0 Å². The molecule has 1 N–H and O–H groups in total. The van der Waals surface area contributed by atoms with Crippen LogP contribution >= 0.6 is 0 Å². The lowest BCUT2D eigenvalue weighted by Crippen LogP contribution is -2.35. The predicted octanol–water partition coefficient (Wildman–Crippen LogP) is 1.88. The minimum atomic E-state index is -0.250. The lowest BCUT2D eigenvalue weighted by molar-refractivity contribution is 0.0946. The molecule has 0 spiro atoms. The van der Waals surface area contributed by atoms with Crippen LogP contribution in [-0.2, 0) is 6.42 Å². The van der Waals surface area contributed by atoms with Crippen LogP contribution in [0.15, 0.2) is 48.9 Å². The van der Waals surface area contributed by atoms with Crippen LogP contribution < -0.4 is 5.32 Å². The van der Waals surface area contributed by atoms with E-state index in [2.05, 4.69) is 27.4 Å². The smallest absolute Gasteiger partial charge is 0.199 e. The molecule has 0 saturated heterocycles. The maximum absolute atomic E-state index is 12.0. The second kappa shape index (κ2) is 6.75. The summed E-state index contributed by atoms with van der Waals surface area (Å²) in [6, 6.07) is 9.94. The van der Waals surface area contributed by atoms with E-state index >= 15 is 0 Å². The van der Waals surface area contributed by atoms with Gasteiger partial charge in [0, 0.05) is 12.4 Å². The first-order chi connectivity index (χ1) is 9.27. The van der Waals surface area contributed by atoms with Crippen molar-refractivity contribution in [3.8, 4) is 0 Å². The summed E-state index contributed by atoms with van der Waals surface area (Å²) >= 11 is 0. The van der Waals surface area contributed by atoms with E-state index in [9.17, 15) is 4.79 Å². The van der Waals surface area contributed by atoms with E-state index in [0.717, 1.165) is 13.0 Å². The van der Waals surface area contributed by atoms with E-state index in [0.29, 0.717) is 5.69 Å². The molecule has 0 saturated carbocycles. The van der Waals surface area contributed by atoms with Crippen molar-refractivity contribution in [2.75, 3.05) is 6.54 Å². The highest BCUT2D eigenvalue weighted by Crippen LogP contribution is 2.00. The highest BCUT2D eigenvalue weighted by atomic mass is 16.1. The van der Waals surface area contributed by atoms with E-state index in [-0.39, 0.29) is 11.8 Å². The van der Waals surface area contributed by atoms with Crippen molar-refractivity contribution in [2.45, 2.75) is 19.4 Å². The summed E-state index contributed by atoms with van der Waals surface area (Å²) in [5.74, 6) is -0.0267. The number of benzene rings is 1.